The molecule has 1 aromatic heterocycles. The highest BCUT2D eigenvalue weighted by molar-refractivity contribution is 6.68. The highest BCUT2D eigenvalue weighted by Gasteiger charge is 2.08. The van der Waals surface area contributed by atoms with Crippen molar-refractivity contribution in [2.75, 3.05) is 5.73 Å². The molecule has 0 bridgehead atoms. The molecule has 1 rings (SSSR count). The summed E-state index contributed by atoms with van der Waals surface area (Å²) in [5.41, 5.74) is 5.50. The summed E-state index contributed by atoms with van der Waals surface area (Å²) in [4.78, 5) is 14.3. The van der Waals surface area contributed by atoms with E-state index in [0.29, 0.717) is 0 Å². The maximum absolute atomic E-state index is 10.7. The molecule has 60 valence electrons. The van der Waals surface area contributed by atoms with Crippen molar-refractivity contribution in [1.29, 1.82) is 5.26 Å². The molecule has 0 saturated heterocycles. The summed E-state index contributed by atoms with van der Waals surface area (Å²) in [6.07, 6.45) is 1.18. The van der Waals surface area contributed by atoms with Gasteiger partial charge in [0.05, 0.1) is 11.1 Å². The normalized spacial score (nSPS) is 9.00. The van der Waals surface area contributed by atoms with Crippen LogP contribution in [0.2, 0.25) is 0 Å². The van der Waals surface area contributed by atoms with Gasteiger partial charge in [-0.25, -0.2) is 4.98 Å². The number of nitrogens with two attached hydrogens (primary N) is 1. The molecule has 0 aromatic carbocycles. The quantitative estimate of drug-likeness (QED) is 0.654. The molecule has 0 unspecified atom stereocenters. The number of hydrogen-bond donors (Lipinski definition) is 1. The monoisotopic (exact) mass is 181 g/mol. The summed E-state index contributed by atoms with van der Waals surface area (Å²) in [5, 5.41) is 7.84. The van der Waals surface area contributed by atoms with Crippen molar-refractivity contribution in [3.8, 4) is 6.07 Å². The maximum Gasteiger partial charge on any atom is 0.255 e. The molecule has 1 aromatic rings. The van der Waals surface area contributed by atoms with Gasteiger partial charge >= 0.3 is 0 Å². The summed E-state index contributed by atoms with van der Waals surface area (Å²) in [7, 11) is 0. The number of anilines is 1. The Balaban J connectivity index is 3.32. The van der Waals surface area contributed by atoms with E-state index in [1.807, 2.05) is 0 Å². The first-order chi connectivity index (χ1) is 5.65. The van der Waals surface area contributed by atoms with E-state index in [-0.39, 0.29) is 16.9 Å². The Labute approximate surface area is 73.6 Å². The third-order valence-corrected chi connectivity index (χ3v) is 1.46. The smallest absolute Gasteiger partial charge is 0.255 e. The zero-order chi connectivity index (χ0) is 9.14. The Kier molecular flexibility index (Phi) is 2.26. The summed E-state index contributed by atoms with van der Waals surface area (Å²) in [6.45, 7) is 0. The largest absolute Gasteiger partial charge is 0.384 e. The molecule has 0 aliphatic rings. The standard InChI is InChI=1S/C7H4ClN3O/c8-7(12)5-3-11-6(10)1-4(5)2-9/h1,3H,(H2,10,11). The van der Waals surface area contributed by atoms with Gasteiger partial charge in [0.1, 0.15) is 11.9 Å². The van der Waals surface area contributed by atoms with E-state index in [1.165, 1.54) is 12.3 Å². The van der Waals surface area contributed by atoms with E-state index in [1.54, 1.807) is 6.07 Å². The van der Waals surface area contributed by atoms with Crippen molar-refractivity contribution in [2.45, 2.75) is 0 Å². The van der Waals surface area contributed by atoms with Crippen molar-refractivity contribution in [1.82, 2.24) is 4.98 Å². The predicted octanol–water partition coefficient (Wildman–Crippen LogP) is 0.914. The molecule has 0 aliphatic heterocycles. The van der Waals surface area contributed by atoms with Crippen LogP contribution in [0.5, 0.6) is 0 Å². The zero-order valence-electron chi connectivity index (χ0n) is 5.91. The Bertz CT molecular complexity index is 369. The number of aromatic nitrogens is 1. The number of nitrogen functional groups attached to an aromatic ring is 1. The van der Waals surface area contributed by atoms with E-state index in [9.17, 15) is 4.79 Å². The predicted molar refractivity (Wildman–Crippen MR) is 43.5 cm³/mol. The SMILES string of the molecule is N#Cc1cc(N)ncc1C(=O)Cl. The van der Waals surface area contributed by atoms with Crippen molar-refractivity contribution in [2.24, 2.45) is 0 Å². The van der Waals surface area contributed by atoms with Gasteiger partial charge in [-0.15, -0.1) is 0 Å². The minimum atomic E-state index is -0.709. The topological polar surface area (TPSA) is 79.8 Å². The number of pyridine rings is 1. The molecule has 12 heavy (non-hydrogen) atoms. The molecule has 2 N–H and O–H groups in total. The fraction of sp³-hybridized carbons (Fsp3) is 0. The van der Waals surface area contributed by atoms with Crippen LogP contribution in [0.15, 0.2) is 12.3 Å². The van der Waals surface area contributed by atoms with Gasteiger partial charge in [-0.3, -0.25) is 4.79 Å². The van der Waals surface area contributed by atoms with E-state index in [2.05, 4.69) is 4.98 Å². The number of nitriles is 1. The first kappa shape index (κ1) is 8.50. The van der Waals surface area contributed by atoms with Crippen LogP contribution in [0.3, 0.4) is 0 Å². The molecule has 5 heteroatoms. The molecule has 0 aliphatic carbocycles. The van der Waals surface area contributed by atoms with Crippen LogP contribution in [0.1, 0.15) is 15.9 Å². The summed E-state index contributed by atoms with van der Waals surface area (Å²) >= 11 is 5.17. The van der Waals surface area contributed by atoms with Gasteiger partial charge in [0.2, 0.25) is 0 Å². The van der Waals surface area contributed by atoms with Crippen LogP contribution in [0.4, 0.5) is 5.82 Å². The van der Waals surface area contributed by atoms with E-state index >= 15 is 0 Å². The van der Waals surface area contributed by atoms with Crippen LogP contribution in [-0.4, -0.2) is 10.2 Å². The second kappa shape index (κ2) is 3.20. The lowest BCUT2D eigenvalue weighted by Crippen LogP contribution is -1.98. The molecule has 0 spiro atoms. The molecule has 0 saturated carbocycles. The van der Waals surface area contributed by atoms with Gasteiger partial charge in [0, 0.05) is 6.20 Å². The van der Waals surface area contributed by atoms with Crippen LogP contribution in [0.25, 0.3) is 0 Å². The van der Waals surface area contributed by atoms with Crippen LogP contribution >= 0.6 is 11.6 Å². The number of carbonyl (C=O) groups is 1. The highest BCUT2D eigenvalue weighted by Crippen LogP contribution is 2.11. The van der Waals surface area contributed by atoms with Gasteiger partial charge in [-0.2, -0.15) is 5.26 Å². The lowest BCUT2D eigenvalue weighted by atomic mass is 10.2. The molecular weight excluding hydrogens is 178 g/mol. The Hall–Kier alpha value is -1.60. The number of rotatable bonds is 1. The van der Waals surface area contributed by atoms with Gasteiger partial charge in [-0.05, 0) is 17.7 Å². The van der Waals surface area contributed by atoms with Gasteiger partial charge < -0.3 is 5.73 Å². The number of halogens is 1. The molecular formula is C7H4ClN3O. The Morgan fingerprint density at radius 1 is 1.75 bits per heavy atom. The van der Waals surface area contributed by atoms with Gasteiger partial charge in [0.15, 0.2) is 0 Å². The number of nitrogens with zero attached hydrogens (tertiary/aromatic N) is 2. The fourth-order valence-electron chi connectivity index (χ4n) is 0.721. The molecule has 4 nitrogen and oxygen atoms in total. The van der Waals surface area contributed by atoms with E-state index in [4.69, 9.17) is 22.6 Å². The van der Waals surface area contributed by atoms with Crippen molar-refractivity contribution in [3.05, 3.63) is 23.4 Å². The van der Waals surface area contributed by atoms with Crippen molar-refractivity contribution >= 4 is 22.7 Å². The van der Waals surface area contributed by atoms with Crippen molar-refractivity contribution in [3.63, 3.8) is 0 Å². The minimum Gasteiger partial charge on any atom is -0.384 e. The first-order valence-electron chi connectivity index (χ1n) is 3.00. The summed E-state index contributed by atoms with van der Waals surface area (Å²) in [5.74, 6) is 0.188. The molecule has 0 radical (unpaired) electrons. The summed E-state index contributed by atoms with van der Waals surface area (Å²) < 4.78 is 0. The van der Waals surface area contributed by atoms with E-state index in [0.717, 1.165) is 0 Å². The average Bonchev–Trinajstić information content (AvgIpc) is 2.03. The Morgan fingerprint density at radius 3 is 2.92 bits per heavy atom. The minimum absolute atomic E-state index is 0.0772. The fourth-order valence-corrected chi connectivity index (χ4v) is 0.871. The van der Waals surface area contributed by atoms with Crippen LogP contribution < -0.4 is 5.73 Å². The first-order valence-corrected chi connectivity index (χ1v) is 3.38. The number of hydrogen-bond acceptors (Lipinski definition) is 4. The third-order valence-electron chi connectivity index (χ3n) is 1.26. The lowest BCUT2D eigenvalue weighted by Gasteiger charge is -1.97. The number of carbonyl (C=O) groups excluding carboxylic acids is 1. The zero-order valence-corrected chi connectivity index (χ0v) is 6.67. The van der Waals surface area contributed by atoms with E-state index < -0.39 is 5.24 Å². The van der Waals surface area contributed by atoms with Crippen LogP contribution in [-0.2, 0) is 0 Å². The molecule has 0 fully saturated rings. The second-order valence-electron chi connectivity index (χ2n) is 2.04. The highest BCUT2D eigenvalue weighted by atomic mass is 35.5. The Morgan fingerprint density at radius 2 is 2.42 bits per heavy atom. The molecule has 1 heterocycles. The molecule has 0 amide bonds. The lowest BCUT2D eigenvalue weighted by molar-refractivity contribution is 0.108. The van der Waals surface area contributed by atoms with Crippen molar-refractivity contribution < 1.29 is 4.79 Å². The molecule has 0 atom stereocenters. The van der Waals surface area contributed by atoms with Gasteiger partial charge in [-0.1, -0.05) is 0 Å². The summed E-state index contributed by atoms with van der Waals surface area (Å²) in [6, 6.07) is 3.09. The average molecular weight is 182 g/mol. The third kappa shape index (κ3) is 1.52. The maximum atomic E-state index is 10.7. The van der Waals surface area contributed by atoms with Gasteiger partial charge in [0.25, 0.3) is 5.24 Å². The van der Waals surface area contributed by atoms with Crippen LogP contribution in [0, 0.1) is 11.3 Å². The second-order valence-corrected chi connectivity index (χ2v) is 2.38.